The first kappa shape index (κ1) is 19.3. The van der Waals surface area contributed by atoms with Crippen molar-refractivity contribution in [1.82, 2.24) is 4.98 Å². The minimum atomic E-state index is -4.88. The third kappa shape index (κ3) is 4.39. The summed E-state index contributed by atoms with van der Waals surface area (Å²) in [6, 6.07) is 0. The summed E-state index contributed by atoms with van der Waals surface area (Å²) in [5, 5.41) is 0. The summed E-state index contributed by atoms with van der Waals surface area (Å²) in [7, 11) is 0. The van der Waals surface area contributed by atoms with Crippen molar-refractivity contribution >= 4 is 5.97 Å². The zero-order valence-corrected chi connectivity index (χ0v) is 13.2. The zero-order valence-electron chi connectivity index (χ0n) is 13.2. The fourth-order valence-electron chi connectivity index (χ4n) is 2.27. The van der Waals surface area contributed by atoms with Gasteiger partial charge in [0, 0.05) is 0 Å². The van der Waals surface area contributed by atoms with Gasteiger partial charge in [0.25, 0.3) is 6.43 Å². The summed E-state index contributed by atoms with van der Waals surface area (Å²) in [6.45, 7) is 5.95. The van der Waals surface area contributed by atoms with Crippen LogP contribution in [-0.2, 0) is 17.3 Å². The molecule has 0 saturated heterocycles. The van der Waals surface area contributed by atoms with Crippen molar-refractivity contribution in [2.24, 2.45) is 5.92 Å². The molecule has 130 valence electrons. The first-order valence-corrected chi connectivity index (χ1v) is 7.06. The highest BCUT2D eigenvalue weighted by Crippen LogP contribution is 2.37. The number of rotatable bonds is 5. The molecule has 3 nitrogen and oxygen atoms in total. The first-order chi connectivity index (χ1) is 10.5. The number of alkyl halides is 5. The van der Waals surface area contributed by atoms with Crippen LogP contribution >= 0.6 is 0 Å². The molecule has 0 bridgehead atoms. The largest absolute Gasteiger partial charge is 0.462 e. The second kappa shape index (κ2) is 7.23. The molecular weight excluding hydrogens is 321 g/mol. The van der Waals surface area contributed by atoms with Gasteiger partial charge in [0.15, 0.2) is 0 Å². The average molecular weight is 339 g/mol. The van der Waals surface area contributed by atoms with Gasteiger partial charge in [-0.05, 0) is 37.3 Å². The molecular formula is C15H18F5NO2. The topological polar surface area (TPSA) is 39.2 Å². The van der Waals surface area contributed by atoms with Gasteiger partial charge in [-0.2, -0.15) is 13.2 Å². The summed E-state index contributed by atoms with van der Waals surface area (Å²) in [5.41, 5.74) is -3.54. The fourth-order valence-corrected chi connectivity index (χ4v) is 2.27. The number of carbonyl (C=O) groups is 1. The van der Waals surface area contributed by atoms with E-state index >= 15 is 0 Å². The van der Waals surface area contributed by atoms with Crippen LogP contribution in [0.3, 0.4) is 0 Å². The van der Waals surface area contributed by atoms with Gasteiger partial charge in [-0.25, -0.2) is 18.6 Å². The van der Waals surface area contributed by atoms with Crippen LogP contribution in [-0.4, -0.2) is 17.6 Å². The molecule has 0 N–H and O–H groups in total. The highest BCUT2D eigenvalue weighted by atomic mass is 19.4. The summed E-state index contributed by atoms with van der Waals surface area (Å²) < 4.78 is 70.3. The van der Waals surface area contributed by atoms with E-state index in [-0.39, 0.29) is 30.1 Å². The summed E-state index contributed by atoms with van der Waals surface area (Å²) in [6.07, 6.45) is -8.17. The van der Waals surface area contributed by atoms with Crippen molar-refractivity contribution in [2.45, 2.75) is 46.7 Å². The van der Waals surface area contributed by atoms with E-state index in [1.54, 1.807) is 13.8 Å². The zero-order chi connectivity index (χ0) is 17.9. The van der Waals surface area contributed by atoms with Crippen molar-refractivity contribution in [3.05, 3.63) is 28.1 Å². The Labute approximate surface area is 130 Å². The van der Waals surface area contributed by atoms with Crippen LogP contribution in [0, 0.1) is 12.8 Å². The van der Waals surface area contributed by atoms with Crippen molar-refractivity contribution in [3.63, 3.8) is 0 Å². The minimum Gasteiger partial charge on any atom is -0.462 e. The third-order valence-electron chi connectivity index (χ3n) is 3.17. The van der Waals surface area contributed by atoms with Crippen LogP contribution in [0.1, 0.15) is 60.1 Å². The van der Waals surface area contributed by atoms with E-state index in [0.717, 1.165) is 6.92 Å². The molecule has 1 heterocycles. The van der Waals surface area contributed by atoms with E-state index in [1.807, 2.05) is 0 Å². The molecule has 0 saturated carbocycles. The summed E-state index contributed by atoms with van der Waals surface area (Å²) >= 11 is 0. The molecule has 0 aliphatic carbocycles. The second-order valence-electron chi connectivity index (χ2n) is 5.44. The number of esters is 1. The lowest BCUT2D eigenvalue weighted by Crippen LogP contribution is -2.21. The number of aromatic nitrogens is 1. The van der Waals surface area contributed by atoms with E-state index in [9.17, 15) is 26.7 Å². The van der Waals surface area contributed by atoms with Crippen LogP contribution in [0.25, 0.3) is 0 Å². The number of pyridine rings is 1. The smallest absolute Gasteiger partial charge is 0.433 e. The predicted molar refractivity (Wildman–Crippen MR) is 73.4 cm³/mol. The van der Waals surface area contributed by atoms with Crippen molar-refractivity contribution < 1.29 is 31.5 Å². The fraction of sp³-hybridized carbons (Fsp3) is 0.600. The number of nitrogens with zero attached hydrogens (tertiary/aromatic N) is 1. The molecule has 0 atom stereocenters. The minimum absolute atomic E-state index is 0.0330. The van der Waals surface area contributed by atoms with Gasteiger partial charge in [-0.3, -0.25) is 0 Å². The Kier molecular flexibility index (Phi) is 6.07. The highest BCUT2D eigenvalue weighted by Gasteiger charge is 2.39. The first-order valence-electron chi connectivity index (χ1n) is 7.06. The lowest BCUT2D eigenvalue weighted by atomic mass is 9.91. The normalized spacial score (nSPS) is 12.1. The molecule has 8 heteroatoms. The molecule has 0 spiro atoms. The maximum atomic E-state index is 13.2. The molecule has 0 amide bonds. The quantitative estimate of drug-likeness (QED) is 0.575. The maximum absolute atomic E-state index is 13.2. The summed E-state index contributed by atoms with van der Waals surface area (Å²) in [4.78, 5) is 15.0. The molecule has 0 aromatic carbocycles. The van der Waals surface area contributed by atoms with Crippen molar-refractivity contribution in [2.75, 3.05) is 6.61 Å². The molecule has 0 aliphatic heterocycles. The molecule has 0 unspecified atom stereocenters. The van der Waals surface area contributed by atoms with Gasteiger partial charge in [0.05, 0.1) is 12.2 Å². The van der Waals surface area contributed by atoms with E-state index in [2.05, 4.69) is 4.98 Å². The van der Waals surface area contributed by atoms with Gasteiger partial charge in [-0.1, -0.05) is 13.8 Å². The van der Waals surface area contributed by atoms with E-state index in [0.29, 0.717) is 0 Å². The number of halogens is 5. The third-order valence-corrected chi connectivity index (χ3v) is 3.17. The van der Waals surface area contributed by atoms with Gasteiger partial charge in [0.2, 0.25) is 0 Å². The van der Waals surface area contributed by atoms with E-state index in [4.69, 9.17) is 4.74 Å². The molecule has 1 aromatic heterocycles. The van der Waals surface area contributed by atoms with Gasteiger partial charge < -0.3 is 4.74 Å². The molecule has 1 aromatic rings. The monoisotopic (exact) mass is 339 g/mol. The van der Waals surface area contributed by atoms with E-state index in [1.165, 1.54) is 6.92 Å². The number of hydrogen-bond acceptors (Lipinski definition) is 3. The SMILES string of the molecule is CCOC(=O)c1c(C(F)F)nc(C(F)(F)F)c(C)c1CC(C)C. The molecule has 23 heavy (non-hydrogen) atoms. The Bertz CT molecular complexity index is 582. The van der Waals surface area contributed by atoms with Crippen LogP contribution in [0.15, 0.2) is 0 Å². The number of carbonyl (C=O) groups excluding carboxylic acids is 1. The lowest BCUT2D eigenvalue weighted by molar-refractivity contribution is -0.142. The standard InChI is InChI=1S/C15H18F5NO2/c1-5-23-14(22)10-9(6-7(2)3)8(4)12(15(18,19)20)21-11(10)13(16)17/h7,13H,5-6H2,1-4H3. The van der Waals surface area contributed by atoms with Crippen LogP contribution in [0.4, 0.5) is 22.0 Å². The molecule has 0 aliphatic rings. The Morgan fingerprint density at radius 2 is 1.83 bits per heavy atom. The molecule has 0 radical (unpaired) electrons. The van der Waals surface area contributed by atoms with Crippen molar-refractivity contribution in [1.29, 1.82) is 0 Å². The van der Waals surface area contributed by atoms with Crippen LogP contribution < -0.4 is 0 Å². The second-order valence-corrected chi connectivity index (χ2v) is 5.44. The van der Waals surface area contributed by atoms with Gasteiger partial charge in [0.1, 0.15) is 11.4 Å². The average Bonchev–Trinajstić information content (AvgIpc) is 2.38. The molecule has 0 fully saturated rings. The Morgan fingerprint density at radius 3 is 2.22 bits per heavy atom. The highest BCUT2D eigenvalue weighted by molar-refractivity contribution is 5.93. The van der Waals surface area contributed by atoms with Crippen LogP contribution in [0.2, 0.25) is 0 Å². The maximum Gasteiger partial charge on any atom is 0.433 e. The Morgan fingerprint density at radius 1 is 1.26 bits per heavy atom. The van der Waals surface area contributed by atoms with Gasteiger partial charge in [-0.15, -0.1) is 0 Å². The molecule has 1 rings (SSSR count). The summed E-state index contributed by atoms with van der Waals surface area (Å²) in [5.74, 6) is -1.22. The van der Waals surface area contributed by atoms with Gasteiger partial charge >= 0.3 is 12.1 Å². The Balaban J connectivity index is 3.76. The van der Waals surface area contributed by atoms with Crippen molar-refractivity contribution in [3.8, 4) is 0 Å². The number of hydrogen-bond donors (Lipinski definition) is 0. The predicted octanol–water partition coefficient (Wildman–Crippen LogP) is 4.72. The number of ether oxygens (including phenoxy) is 1. The lowest BCUT2D eigenvalue weighted by Gasteiger charge is -2.20. The van der Waals surface area contributed by atoms with Crippen LogP contribution in [0.5, 0.6) is 0 Å². The van der Waals surface area contributed by atoms with E-state index < -0.39 is 35.5 Å². The Hall–Kier alpha value is -1.73.